The first-order valence-corrected chi connectivity index (χ1v) is 13.2. The number of likely N-dealkylation sites (tertiary alicyclic amines) is 1. The number of carbonyl (C=O) groups is 2. The summed E-state index contributed by atoms with van der Waals surface area (Å²) >= 11 is 0. The Hall–Kier alpha value is -4.10. The van der Waals surface area contributed by atoms with Crippen molar-refractivity contribution >= 4 is 28.8 Å². The van der Waals surface area contributed by atoms with Crippen molar-refractivity contribution in [2.75, 3.05) is 30.8 Å². The standard InChI is InChI=1S/C31H34N4O3/c1-21(23-7-6-8-26(17-23)38-2)33-30(36)24-11-14-29-27(18-24)28(31(37)34-29)19-32-25-12-9-22(10-13-25)20-35-15-4-3-5-16-35/h6-14,17-19,21,32H,3-5,15-16,20H2,1-2H3,(H,33,36)(H,34,37)/t21-/m1/s1. The number of amides is 2. The average Bonchev–Trinajstić information content (AvgIpc) is 3.27. The smallest absolute Gasteiger partial charge is 0.257 e. The number of rotatable bonds is 8. The Morgan fingerprint density at radius 1 is 1.05 bits per heavy atom. The van der Waals surface area contributed by atoms with Gasteiger partial charge in [-0.3, -0.25) is 14.5 Å². The van der Waals surface area contributed by atoms with Crippen molar-refractivity contribution in [1.29, 1.82) is 0 Å². The maximum Gasteiger partial charge on any atom is 0.257 e. The predicted molar refractivity (Wildman–Crippen MR) is 151 cm³/mol. The second kappa shape index (κ2) is 11.5. The quantitative estimate of drug-likeness (QED) is 0.345. The number of nitrogens with one attached hydrogen (secondary N) is 3. The first kappa shape index (κ1) is 25.5. The minimum Gasteiger partial charge on any atom is -0.497 e. The number of hydrogen-bond donors (Lipinski definition) is 3. The molecule has 1 fully saturated rings. The van der Waals surface area contributed by atoms with E-state index in [9.17, 15) is 9.59 Å². The van der Waals surface area contributed by atoms with Crippen LogP contribution in [0.4, 0.5) is 11.4 Å². The van der Waals surface area contributed by atoms with Crippen molar-refractivity contribution in [3.63, 3.8) is 0 Å². The molecule has 38 heavy (non-hydrogen) atoms. The lowest BCUT2D eigenvalue weighted by molar-refractivity contribution is -0.110. The summed E-state index contributed by atoms with van der Waals surface area (Å²) in [6.45, 7) is 5.23. The van der Waals surface area contributed by atoms with E-state index in [2.05, 4.69) is 33.0 Å². The van der Waals surface area contributed by atoms with Crippen molar-refractivity contribution in [2.45, 2.75) is 38.8 Å². The highest BCUT2D eigenvalue weighted by Gasteiger charge is 2.25. The molecule has 3 N–H and O–H groups in total. The Morgan fingerprint density at radius 2 is 1.84 bits per heavy atom. The molecule has 0 bridgehead atoms. The molecule has 0 aliphatic carbocycles. The van der Waals surface area contributed by atoms with E-state index in [0.29, 0.717) is 22.4 Å². The summed E-state index contributed by atoms with van der Waals surface area (Å²) in [4.78, 5) is 28.2. The van der Waals surface area contributed by atoms with E-state index in [4.69, 9.17) is 4.74 Å². The zero-order chi connectivity index (χ0) is 26.5. The van der Waals surface area contributed by atoms with E-state index >= 15 is 0 Å². The molecule has 0 aromatic heterocycles. The lowest BCUT2D eigenvalue weighted by Gasteiger charge is -2.26. The van der Waals surface area contributed by atoms with Gasteiger partial charge in [-0.05, 0) is 86.4 Å². The summed E-state index contributed by atoms with van der Waals surface area (Å²) in [7, 11) is 1.62. The monoisotopic (exact) mass is 510 g/mol. The van der Waals surface area contributed by atoms with E-state index in [1.165, 1.54) is 37.9 Å². The number of methoxy groups -OCH3 is 1. The first-order chi connectivity index (χ1) is 18.5. The fourth-order valence-electron chi connectivity index (χ4n) is 4.98. The van der Waals surface area contributed by atoms with Gasteiger partial charge in [0.2, 0.25) is 0 Å². The number of benzene rings is 3. The second-order valence-corrected chi connectivity index (χ2v) is 9.92. The zero-order valence-corrected chi connectivity index (χ0v) is 21.9. The van der Waals surface area contributed by atoms with Crippen LogP contribution >= 0.6 is 0 Å². The van der Waals surface area contributed by atoms with E-state index < -0.39 is 0 Å². The van der Waals surface area contributed by atoms with Gasteiger partial charge in [0.15, 0.2) is 0 Å². The Balaban J connectivity index is 1.26. The molecule has 2 aliphatic rings. The van der Waals surface area contributed by atoms with Crippen molar-refractivity contribution in [1.82, 2.24) is 10.2 Å². The maximum absolute atomic E-state index is 13.0. The van der Waals surface area contributed by atoms with Crippen LogP contribution in [0, 0.1) is 0 Å². The summed E-state index contributed by atoms with van der Waals surface area (Å²) in [6, 6.07) is 21.0. The number of anilines is 2. The molecule has 3 aromatic carbocycles. The van der Waals surface area contributed by atoms with Gasteiger partial charge < -0.3 is 20.7 Å². The van der Waals surface area contributed by atoms with Gasteiger partial charge in [0.25, 0.3) is 11.8 Å². The molecule has 196 valence electrons. The molecule has 0 saturated carbocycles. The normalized spacial score (nSPS) is 17.0. The summed E-state index contributed by atoms with van der Waals surface area (Å²) in [5, 5.41) is 9.17. The molecule has 3 aromatic rings. The molecule has 1 atom stereocenters. The SMILES string of the molecule is COc1cccc([C@@H](C)NC(=O)c2ccc3c(c2)C(=CNc2ccc(CN4CCCCC4)cc2)C(=O)N3)c1. The topological polar surface area (TPSA) is 82.7 Å². The molecule has 0 unspecified atom stereocenters. The maximum atomic E-state index is 13.0. The number of nitrogens with zero attached hydrogens (tertiary/aromatic N) is 1. The van der Waals surface area contributed by atoms with Gasteiger partial charge in [0, 0.05) is 35.2 Å². The van der Waals surface area contributed by atoms with E-state index in [1.807, 2.05) is 43.3 Å². The van der Waals surface area contributed by atoms with Crippen LogP contribution in [0.25, 0.3) is 5.57 Å². The molecule has 0 radical (unpaired) electrons. The number of piperidine rings is 1. The van der Waals surface area contributed by atoms with Crippen LogP contribution in [0.1, 0.15) is 59.3 Å². The lowest BCUT2D eigenvalue weighted by atomic mass is 10.0. The second-order valence-electron chi connectivity index (χ2n) is 9.92. The van der Waals surface area contributed by atoms with Crippen molar-refractivity contribution in [2.24, 2.45) is 0 Å². The van der Waals surface area contributed by atoms with Gasteiger partial charge in [-0.25, -0.2) is 0 Å². The molecule has 5 rings (SSSR count). The molecule has 7 heteroatoms. The van der Waals surface area contributed by atoms with Gasteiger partial charge >= 0.3 is 0 Å². The van der Waals surface area contributed by atoms with Gasteiger partial charge in [-0.2, -0.15) is 0 Å². The van der Waals surface area contributed by atoms with Gasteiger partial charge in [-0.15, -0.1) is 0 Å². The fraction of sp³-hybridized carbons (Fsp3) is 0.290. The highest BCUT2D eigenvalue weighted by molar-refractivity contribution is 6.32. The van der Waals surface area contributed by atoms with Crippen molar-refractivity contribution in [3.8, 4) is 5.75 Å². The van der Waals surface area contributed by atoms with Crippen LogP contribution < -0.4 is 20.7 Å². The number of carbonyl (C=O) groups excluding carboxylic acids is 2. The molecule has 1 saturated heterocycles. The number of ether oxygens (including phenoxy) is 1. The first-order valence-electron chi connectivity index (χ1n) is 13.2. The van der Waals surface area contributed by atoms with Crippen molar-refractivity contribution in [3.05, 3.63) is 95.2 Å². The minimum absolute atomic E-state index is 0.198. The van der Waals surface area contributed by atoms with E-state index in [-0.39, 0.29) is 17.9 Å². The molecule has 7 nitrogen and oxygen atoms in total. The van der Waals surface area contributed by atoms with Crippen LogP contribution in [-0.4, -0.2) is 36.9 Å². The fourth-order valence-corrected chi connectivity index (χ4v) is 4.98. The van der Waals surface area contributed by atoms with Gasteiger partial charge in [0.1, 0.15) is 5.75 Å². The van der Waals surface area contributed by atoms with Crippen LogP contribution in [-0.2, 0) is 11.3 Å². The molecule has 2 amide bonds. The van der Waals surface area contributed by atoms with Crippen LogP contribution in [0.5, 0.6) is 5.75 Å². The lowest BCUT2D eigenvalue weighted by Crippen LogP contribution is -2.29. The highest BCUT2D eigenvalue weighted by atomic mass is 16.5. The van der Waals surface area contributed by atoms with E-state index in [1.54, 1.807) is 31.5 Å². The highest BCUT2D eigenvalue weighted by Crippen LogP contribution is 2.33. The Labute approximate surface area is 223 Å². The summed E-state index contributed by atoms with van der Waals surface area (Å²) in [6.07, 6.45) is 5.60. The van der Waals surface area contributed by atoms with Gasteiger partial charge in [0.05, 0.1) is 18.7 Å². The third-order valence-electron chi connectivity index (χ3n) is 7.20. The number of hydrogen-bond acceptors (Lipinski definition) is 5. The third kappa shape index (κ3) is 5.89. The average molecular weight is 511 g/mol. The van der Waals surface area contributed by atoms with Crippen LogP contribution in [0.15, 0.2) is 72.9 Å². The Morgan fingerprint density at radius 3 is 2.61 bits per heavy atom. The van der Waals surface area contributed by atoms with Gasteiger partial charge in [-0.1, -0.05) is 30.7 Å². The molecule has 2 heterocycles. The van der Waals surface area contributed by atoms with E-state index in [0.717, 1.165) is 23.5 Å². The number of fused-ring (bicyclic) bond motifs is 1. The van der Waals surface area contributed by atoms with Crippen LogP contribution in [0.2, 0.25) is 0 Å². The van der Waals surface area contributed by atoms with Crippen LogP contribution in [0.3, 0.4) is 0 Å². The van der Waals surface area contributed by atoms with Crippen molar-refractivity contribution < 1.29 is 14.3 Å². The Kier molecular flexibility index (Phi) is 7.75. The molecular weight excluding hydrogens is 476 g/mol. The summed E-state index contributed by atoms with van der Waals surface area (Å²) < 4.78 is 5.29. The summed E-state index contributed by atoms with van der Waals surface area (Å²) in [5.41, 5.74) is 5.51. The minimum atomic E-state index is -0.209. The predicted octanol–water partition coefficient (Wildman–Crippen LogP) is 5.58. The molecule has 2 aliphatic heterocycles. The zero-order valence-electron chi connectivity index (χ0n) is 21.9. The molecule has 0 spiro atoms. The largest absolute Gasteiger partial charge is 0.497 e. The summed E-state index contributed by atoms with van der Waals surface area (Å²) in [5.74, 6) is 0.334. The third-order valence-corrected chi connectivity index (χ3v) is 7.20. The molecular formula is C31H34N4O3. The Bertz CT molecular complexity index is 1340.